The van der Waals surface area contributed by atoms with Crippen LogP contribution >= 0.6 is 0 Å². The average Bonchev–Trinajstić information content (AvgIpc) is 2.74. The largest absolute Gasteiger partial charge is 0.449 e. The Labute approximate surface area is 109 Å². The lowest BCUT2D eigenvalue weighted by Gasteiger charge is -2.30. The molecule has 0 bridgehead atoms. The van der Waals surface area contributed by atoms with Crippen LogP contribution in [-0.2, 0) is 0 Å². The summed E-state index contributed by atoms with van der Waals surface area (Å²) in [6.07, 6.45) is 4.96. The molecule has 1 fully saturated rings. The number of nitrogens with zero attached hydrogens (tertiary/aromatic N) is 1. The molecule has 0 radical (unpaired) electrons. The molecule has 18 heavy (non-hydrogen) atoms. The second-order valence-electron chi connectivity index (χ2n) is 5.44. The molecular formula is C15H21NO2. The highest BCUT2D eigenvalue weighted by Gasteiger charge is 2.36. The Hall–Kier alpha value is -1.22. The van der Waals surface area contributed by atoms with Crippen LogP contribution in [0.2, 0.25) is 0 Å². The van der Waals surface area contributed by atoms with E-state index in [2.05, 4.69) is 4.90 Å². The van der Waals surface area contributed by atoms with Crippen molar-refractivity contribution in [2.45, 2.75) is 38.4 Å². The molecule has 3 nitrogen and oxygen atoms in total. The minimum atomic E-state index is -0.485. The summed E-state index contributed by atoms with van der Waals surface area (Å²) in [7, 11) is 0. The number of ether oxygens (including phenoxy) is 2. The molecular weight excluding hydrogens is 226 g/mol. The Morgan fingerprint density at radius 1 is 1.06 bits per heavy atom. The van der Waals surface area contributed by atoms with Gasteiger partial charge in [-0.2, -0.15) is 0 Å². The van der Waals surface area contributed by atoms with Crippen LogP contribution in [0.15, 0.2) is 24.3 Å². The second kappa shape index (κ2) is 4.81. The topological polar surface area (TPSA) is 21.7 Å². The molecule has 1 aromatic rings. The van der Waals surface area contributed by atoms with Gasteiger partial charge in [-0.3, -0.25) is 0 Å². The molecule has 3 rings (SSSR count). The maximum Gasteiger partial charge on any atom is 0.250 e. The normalized spacial score (nSPS) is 22.1. The van der Waals surface area contributed by atoms with Gasteiger partial charge in [-0.15, -0.1) is 0 Å². The predicted octanol–water partition coefficient (Wildman–Crippen LogP) is 3.05. The van der Waals surface area contributed by atoms with Crippen molar-refractivity contribution in [3.8, 4) is 11.5 Å². The number of rotatable bonds is 3. The first-order chi connectivity index (χ1) is 8.75. The van der Waals surface area contributed by atoms with Gasteiger partial charge in [0.2, 0.25) is 5.79 Å². The van der Waals surface area contributed by atoms with Crippen LogP contribution in [0.25, 0.3) is 0 Å². The summed E-state index contributed by atoms with van der Waals surface area (Å²) in [4.78, 5) is 2.52. The predicted molar refractivity (Wildman–Crippen MR) is 71.0 cm³/mol. The zero-order valence-corrected chi connectivity index (χ0v) is 11.0. The first-order valence-corrected chi connectivity index (χ1v) is 6.95. The lowest BCUT2D eigenvalue weighted by Crippen LogP contribution is -2.40. The van der Waals surface area contributed by atoms with Gasteiger partial charge >= 0.3 is 0 Å². The van der Waals surface area contributed by atoms with E-state index in [4.69, 9.17) is 9.47 Å². The van der Waals surface area contributed by atoms with Crippen LogP contribution in [0.3, 0.4) is 0 Å². The molecule has 2 heterocycles. The molecule has 0 amide bonds. The molecule has 0 aromatic heterocycles. The molecule has 0 spiro atoms. The van der Waals surface area contributed by atoms with Crippen molar-refractivity contribution in [1.29, 1.82) is 0 Å². The maximum atomic E-state index is 5.94. The molecule has 0 saturated carbocycles. The molecule has 0 unspecified atom stereocenters. The van der Waals surface area contributed by atoms with E-state index in [0.29, 0.717) is 0 Å². The van der Waals surface area contributed by atoms with Crippen LogP contribution in [0.1, 0.15) is 32.6 Å². The number of benzene rings is 1. The van der Waals surface area contributed by atoms with Crippen molar-refractivity contribution in [3.05, 3.63) is 24.3 Å². The van der Waals surface area contributed by atoms with E-state index in [0.717, 1.165) is 24.5 Å². The molecule has 1 aromatic carbocycles. The SMILES string of the molecule is CC1(CCN2CCCCC2)Oc2ccccc2O1. The van der Waals surface area contributed by atoms with Gasteiger partial charge in [0.25, 0.3) is 0 Å². The third-order valence-corrected chi connectivity index (χ3v) is 3.83. The summed E-state index contributed by atoms with van der Waals surface area (Å²) in [5.74, 6) is 1.26. The summed E-state index contributed by atoms with van der Waals surface area (Å²) in [5.41, 5.74) is 0. The van der Waals surface area contributed by atoms with Crippen LogP contribution in [0.4, 0.5) is 0 Å². The van der Waals surface area contributed by atoms with Gasteiger partial charge in [-0.1, -0.05) is 18.6 Å². The fourth-order valence-electron chi connectivity index (χ4n) is 2.75. The summed E-state index contributed by atoms with van der Waals surface area (Å²) in [6, 6.07) is 7.92. The van der Waals surface area contributed by atoms with E-state index in [1.165, 1.54) is 32.4 Å². The van der Waals surface area contributed by atoms with E-state index in [9.17, 15) is 0 Å². The van der Waals surface area contributed by atoms with Crippen molar-refractivity contribution < 1.29 is 9.47 Å². The van der Waals surface area contributed by atoms with Gasteiger partial charge in [0.1, 0.15) is 0 Å². The Bertz CT molecular complexity index is 388. The molecule has 0 N–H and O–H groups in total. The smallest absolute Gasteiger partial charge is 0.250 e. The molecule has 2 aliphatic heterocycles. The minimum Gasteiger partial charge on any atom is -0.449 e. The molecule has 0 atom stereocenters. The number of para-hydroxylation sites is 2. The monoisotopic (exact) mass is 247 g/mol. The average molecular weight is 247 g/mol. The van der Waals surface area contributed by atoms with Gasteiger partial charge in [-0.25, -0.2) is 0 Å². The third kappa shape index (κ3) is 2.46. The molecule has 98 valence electrons. The van der Waals surface area contributed by atoms with Crippen LogP contribution in [-0.4, -0.2) is 30.3 Å². The van der Waals surface area contributed by atoms with Gasteiger partial charge in [0.15, 0.2) is 11.5 Å². The highest BCUT2D eigenvalue weighted by Crippen LogP contribution is 2.40. The van der Waals surface area contributed by atoms with Crippen molar-refractivity contribution in [2.75, 3.05) is 19.6 Å². The first kappa shape index (κ1) is 11.8. The summed E-state index contributed by atoms with van der Waals surface area (Å²) < 4.78 is 11.9. The third-order valence-electron chi connectivity index (χ3n) is 3.83. The van der Waals surface area contributed by atoms with Gasteiger partial charge in [-0.05, 0) is 38.1 Å². The lowest BCUT2D eigenvalue weighted by molar-refractivity contribution is -0.0738. The fraction of sp³-hybridized carbons (Fsp3) is 0.600. The van der Waals surface area contributed by atoms with Crippen molar-refractivity contribution >= 4 is 0 Å². The standard InChI is InChI=1S/C15H21NO2/c1-15(9-12-16-10-5-2-6-11-16)17-13-7-3-4-8-14(13)18-15/h3-4,7-8H,2,5-6,9-12H2,1H3. The van der Waals surface area contributed by atoms with E-state index in [-0.39, 0.29) is 0 Å². The van der Waals surface area contributed by atoms with E-state index >= 15 is 0 Å². The second-order valence-corrected chi connectivity index (χ2v) is 5.44. The molecule has 1 saturated heterocycles. The number of piperidine rings is 1. The Balaban J connectivity index is 1.57. The molecule has 3 heteroatoms. The number of hydrogen-bond acceptors (Lipinski definition) is 3. The van der Waals surface area contributed by atoms with Crippen molar-refractivity contribution in [1.82, 2.24) is 4.90 Å². The van der Waals surface area contributed by atoms with Crippen LogP contribution in [0, 0.1) is 0 Å². The van der Waals surface area contributed by atoms with Crippen LogP contribution in [0.5, 0.6) is 11.5 Å². The zero-order chi connectivity index (χ0) is 12.4. The van der Waals surface area contributed by atoms with E-state index < -0.39 is 5.79 Å². The Morgan fingerprint density at radius 3 is 2.28 bits per heavy atom. The van der Waals surface area contributed by atoms with E-state index in [1.807, 2.05) is 31.2 Å². The summed E-state index contributed by atoms with van der Waals surface area (Å²) >= 11 is 0. The van der Waals surface area contributed by atoms with Crippen LogP contribution < -0.4 is 9.47 Å². The number of fused-ring (bicyclic) bond motifs is 1. The van der Waals surface area contributed by atoms with Gasteiger partial charge < -0.3 is 14.4 Å². The summed E-state index contributed by atoms with van der Waals surface area (Å²) in [5, 5.41) is 0. The lowest BCUT2D eigenvalue weighted by atomic mass is 10.1. The highest BCUT2D eigenvalue weighted by atomic mass is 16.7. The Kier molecular flexibility index (Phi) is 3.16. The molecule has 0 aliphatic carbocycles. The Morgan fingerprint density at radius 2 is 1.67 bits per heavy atom. The van der Waals surface area contributed by atoms with Crippen molar-refractivity contribution in [2.24, 2.45) is 0 Å². The fourth-order valence-corrected chi connectivity index (χ4v) is 2.75. The van der Waals surface area contributed by atoms with Gasteiger partial charge in [0.05, 0.1) is 0 Å². The maximum absolute atomic E-state index is 5.94. The number of hydrogen-bond donors (Lipinski definition) is 0. The number of likely N-dealkylation sites (tertiary alicyclic amines) is 1. The molecule has 2 aliphatic rings. The first-order valence-electron chi connectivity index (χ1n) is 6.95. The highest BCUT2D eigenvalue weighted by molar-refractivity contribution is 5.42. The van der Waals surface area contributed by atoms with Crippen molar-refractivity contribution in [3.63, 3.8) is 0 Å². The zero-order valence-electron chi connectivity index (χ0n) is 11.0. The van der Waals surface area contributed by atoms with E-state index in [1.54, 1.807) is 0 Å². The summed E-state index contributed by atoms with van der Waals surface area (Å²) in [6.45, 7) is 5.55. The quantitative estimate of drug-likeness (QED) is 0.819. The van der Waals surface area contributed by atoms with Gasteiger partial charge in [0, 0.05) is 19.9 Å². The minimum absolute atomic E-state index is 0.485.